The van der Waals surface area contributed by atoms with Crippen LogP contribution in [-0.2, 0) is 0 Å². The van der Waals surface area contributed by atoms with Gasteiger partial charge in [0.2, 0.25) is 11.4 Å². The molecule has 13 aromatic carbocycles. The van der Waals surface area contributed by atoms with Crippen LogP contribution in [0.4, 0.5) is 11.4 Å². The molecule has 0 amide bonds. The molecule has 16 rings (SSSR count). The molecule has 3 heterocycles. The average Bonchev–Trinajstić information content (AvgIpc) is 0.841. The standard InChI is InChI=1S/C90H57N9/c1-52-24-30-76-68(36-52)69-37-53(2)25-31-77(69)97(76)88-64(48-91)42-61(43-65(88)49-92)85-82(58-18-12-9-13-19-58)86(62-44-66(50-93)89(74(46-62)95-7)98-78-32-26-54(3)38-70(78)71-39-55(4)27-33-79(71)98)84(60-22-16-11-17-23-60)87(83(85)59-20-14-10-15-21-59)63-45-67(51-94)90(75(47-63)96-8)99-80-34-28-56(5)40-72(80)73-41-57(6)29-35-81(73)99/h9-47H,1-6H3. The van der Waals surface area contributed by atoms with Gasteiger partial charge in [-0.25, -0.2) is 9.69 Å². The number of aryl methyl sites for hydroxylation is 6. The van der Waals surface area contributed by atoms with E-state index < -0.39 is 0 Å². The molecule has 0 unspecified atom stereocenters. The monoisotopic (exact) mass is 1260 g/mol. The second kappa shape index (κ2) is 23.6. The van der Waals surface area contributed by atoms with E-state index in [2.05, 4.69) is 194 Å². The van der Waals surface area contributed by atoms with Gasteiger partial charge in [-0.1, -0.05) is 161 Å². The van der Waals surface area contributed by atoms with E-state index in [0.29, 0.717) is 67.1 Å². The van der Waals surface area contributed by atoms with Crippen LogP contribution in [0.5, 0.6) is 0 Å². The Labute approximate surface area is 572 Å². The molecule has 0 bridgehead atoms. The summed E-state index contributed by atoms with van der Waals surface area (Å²) in [7, 11) is 0. The zero-order valence-electron chi connectivity index (χ0n) is 55.0. The smallest absolute Gasteiger partial charge is 0.212 e. The van der Waals surface area contributed by atoms with Crippen LogP contribution < -0.4 is 0 Å². The summed E-state index contributed by atoms with van der Waals surface area (Å²) in [6, 6.07) is 89.5. The van der Waals surface area contributed by atoms with Gasteiger partial charge in [0.05, 0.1) is 97.7 Å². The van der Waals surface area contributed by atoms with Gasteiger partial charge >= 0.3 is 0 Å². The maximum Gasteiger partial charge on any atom is 0.212 e. The van der Waals surface area contributed by atoms with Crippen LogP contribution in [0.2, 0.25) is 0 Å². The second-order valence-electron chi connectivity index (χ2n) is 25.9. The first-order valence-electron chi connectivity index (χ1n) is 32.7. The number of benzene rings is 13. The normalized spacial score (nSPS) is 11.3. The number of hydrogen-bond acceptors (Lipinski definition) is 4. The third kappa shape index (κ3) is 9.54. The summed E-state index contributed by atoms with van der Waals surface area (Å²) in [5.74, 6) is 0. The zero-order valence-corrected chi connectivity index (χ0v) is 55.0. The van der Waals surface area contributed by atoms with Gasteiger partial charge < -0.3 is 13.7 Å². The molecule has 0 saturated carbocycles. The Morgan fingerprint density at radius 1 is 0.253 bits per heavy atom. The fourth-order valence-electron chi connectivity index (χ4n) is 15.3. The SMILES string of the molecule is [C-]#[N+]c1cc(-c2c(-c3ccccc3)c(-c3cc(C#N)c(-n4c5ccc(C)cc5c5cc(C)ccc54)c(C#N)c3)c(-c3ccccc3)c(-c3cc(C#N)c(-n4c5ccc(C)cc5c5cc(C)ccc54)c([N+]#[C-])c3)c2-c2ccccc2)cc(C#N)c1-n1c2ccc(C)cc2c2cc(C)ccc21. The molecule has 462 valence electrons. The molecule has 99 heavy (non-hydrogen) atoms. The largest absolute Gasteiger partial charge is 0.318 e. The molecule has 0 radical (unpaired) electrons. The van der Waals surface area contributed by atoms with Crippen molar-refractivity contribution >= 4 is 76.8 Å². The van der Waals surface area contributed by atoms with Crippen molar-refractivity contribution in [1.29, 1.82) is 21.0 Å². The summed E-state index contributed by atoms with van der Waals surface area (Å²) in [5, 5.41) is 53.7. The molecule has 0 fully saturated rings. The van der Waals surface area contributed by atoms with Gasteiger partial charge in [-0.05, 0) is 217 Å². The van der Waals surface area contributed by atoms with E-state index in [0.717, 1.165) is 115 Å². The summed E-state index contributed by atoms with van der Waals surface area (Å²) < 4.78 is 6.15. The molecule has 9 nitrogen and oxygen atoms in total. The van der Waals surface area contributed by atoms with Crippen LogP contribution in [0, 0.1) is 100 Å². The highest BCUT2D eigenvalue weighted by molar-refractivity contribution is 6.18. The summed E-state index contributed by atoms with van der Waals surface area (Å²) in [5.41, 5.74) is 21.9. The van der Waals surface area contributed by atoms with Crippen molar-refractivity contribution in [2.45, 2.75) is 41.5 Å². The first-order chi connectivity index (χ1) is 48.3. The molecule has 0 N–H and O–H groups in total. The number of hydrogen-bond donors (Lipinski definition) is 0. The minimum atomic E-state index is 0.222. The first-order valence-corrected chi connectivity index (χ1v) is 32.7. The van der Waals surface area contributed by atoms with Crippen LogP contribution in [0.1, 0.15) is 55.6 Å². The van der Waals surface area contributed by atoms with Crippen molar-refractivity contribution in [2.75, 3.05) is 0 Å². The van der Waals surface area contributed by atoms with Gasteiger partial charge in [0.15, 0.2) is 0 Å². The number of nitrogens with zero attached hydrogens (tertiary/aromatic N) is 9. The maximum atomic E-state index is 11.9. The number of aromatic nitrogens is 3. The minimum Gasteiger partial charge on any atom is -0.318 e. The van der Waals surface area contributed by atoms with Gasteiger partial charge in [-0.15, -0.1) is 0 Å². The summed E-state index contributed by atoms with van der Waals surface area (Å²) in [6.45, 7) is 31.0. The van der Waals surface area contributed by atoms with E-state index in [4.69, 9.17) is 0 Å². The van der Waals surface area contributed by atoms with E-state index in [1.807, 2.05) is 132 Å². The molecule has 3 aromatic heterocycles. The number of fused-ring (bicyclic) bond motifs is 9. The Morgan fingerprint density at radius 3 is 0.697 bits per heavy atom. The fourth-order valence-corrected chi connectivity index (χ4v) is 15.3. The predicted octanol–water partition coefficient (Wildman–Crippen LogP) is 23.4. The van der Waals surface area contributed by atoms with Crippen molar-refractivity contribution in [3.63, 3.8) is 0 Å². The average molecular weight is 1260 g/mol. The maximum absolute atomic E-state index is 11.9. The lowest BCUT2D eigenvalue weighted by Gasteiger charge is -2.30. The van der Waals surface area contributed by atoms with Gasteiger partial charge in [-0.2, -0.15) is 21.0 Å². The fraction of sp³-hybridized carbons (Fsp3) is 0.0667. The van der Waals surface area contributed by atoms with Crippen molar-refractivity contribution in [3.05, 3.63) is 315 Å². The molecule has 0 aliphatic carbocycles. The Hall–Kier alpha value is -13.8. The molecule has 9 heteroatoms. The van der Waals surface area contributed by atoms with Crippen molar-refractivity contribution in [3.8, 4) is 108 Å². The molecule has 0 spiro atoms. The van der Waals surface area contributed by atoms with Gasteiger partial charge in [0.25, 0.3) is 0 Å². The van der Waals surface area contributed by atoms with Gasteiger partial charge in [0.1, 0.15) is 12.1 Å². The molecule has 0 aliphatic rings. The lowest BCUT2D eigenvalue weighted by atomic mass is 9.73. The quantitative estimate of drug-likeness (QED) is 0.134. The Kier molecular flexibility index (Phi) is 14.3. The topological polar surface area (TPSA) is 119 Å². The van der Waals surface area contributed by atoms with Crippen LogP contribution in [0.25, 0.3) is 159 Å². The molecular formula is C90H57N9. The Morgan fingerprint density at radius 2 is 0.465 bits per heavy atom. The van der Waals surface area contributed by atoms with E-state index >= 15 is 0 Å². The van der Waals surface area contributed by atoms with E-state index in [-0.39, 0.29) is 33.6 Å². The van der Waals surface area contributed by atoms with Crippen LogP contribution in [0.15, 0.2) is 237 Å². The summed E-state index contributed by atoms with van der Waals surface area (Å²) >= 11 is 0. The molecule has 16 aromatic rings. The third-order valence-electron chi connectivity index (χ3n) is 19.5. The van der Waals surface area contributed by atoms with Crippen molar-refractivity contribution < 1.29 is 0 Å². The van der Waals surface area contributed by atoms with E-state index in [1.54, 1.807) is 0 Å². The van der Waals surface area contributed by atoms with Crippen LogP contribution in [-0.4, -0.2) is 13.7 Å². The molecular weight excluding hydrogens is 1210 g/mol. The number of rotatable bonds is 9. The van der Waals surface area contributed by atoms with Crippen LogP contribution in [0.3, 0.4) is 0 Å². The summed E-state index contributed by atoms with van der Waals surface area (Å²) in [6.07, 6.45) is 0. The Balaban J connectivity index is 1.12. The van der Waals surface area contributed by atoms with Crippen molar-refractivity contribution in [1.82, 2.24) is 13.7 Å². The predicted molar refractivity (Wildman–Crippen MR) is 402 cm³/mol. The third-order valence-corrected chi connectivity index (χ3v) is 19.5. The lowest BCUT2D eigenvalue weighted by molar-refractivity contribution is 1.15. The van der Waals surface area contributed by atoms with Crippen LogP contribution >= 0.6 is 0 Å². The lowest BCUT2D eigenvalue weighted by Crippen LogP contribution is -2.06. The minimum absolute atomic E-state index is 0.222. The molecule has 0 atom stereocenters. The first kappa shape index (κ1) is 60.2. The van der Waals surface area contributed by atoms with E-state index in [1.165, 1.54) is 0 Å². The highest BCUT2D eigenvalue weighted by Gasteiger charge is 2.33. The highest BCUT2D eigenvalue weighted by Crippen LogP contribution is 2.58. The highest BCUT2D eigenvalue weighted by atomic mass is 15.0. The van der Waals surface area contributed by atoms with E-state index in [9.17, 15) is 34.2 Å². The van der Waals surface area contributed by atoms with Crippen molar-refractivity contribution in [2.24, 2.45) is 0 Å². The molecule has 0 saturated heterocycles. The zero-order chi connectivity index (χ0) is 68.1. The summed E-state index contributed by atoms with van der Waals surface area (Å²) in [4.78, 5) is 8.79. The second-order valence-corrected chi connectivity index (χ2v) is 25.9. The molecule has 0 aliphatic heterocycles. The van der Waals surface area contributed by atoms with Gasteiger partial charge in [0, 0.05) is 32.3 Å². The number of nitriles is 4. The Bertz CT molecular complexity index is 5540. The van der Waals surface area contributed by atoms with Gasteiger partial charge in [-0.3, -0.25) is 0 Å².